The van der Waals surface area contributed by atoms with Crippen molar-refractivity contribution in [1.82, 2.24) is 4.98 Å². The minimum atomic E-state index is 0.249. The van der Waals surface area contributed by atoms with Crippen LogP contribution < -0.4 is 10.1 Å². The van der Waals surface area contributed by atoms with E-state index in [0.29, 0.717) is 0 Å². The zero-order chi connectivity index (χ0) is 12.8. The summed E-state index contributed by atoms with van der Waals surface area (Å²) in [5.74, 6) is 0.910. The molecule has 3 nitrogen and oxygen atoms in total. The first-order chi connectivity index (χ1) is 8.78. The van der Waals surface area contributed by atoms with Crippen LogP contribution in [-0.4, -0.2) is 11.1 Å². The Hall–Kier alpha value is -1.55. The topological polar surface area (TPSA) is 34.1 Å². The van der Waals surface area contributed by atoms with Gasteiger partial charge < -0.3 is 10.1 Å². The van der Waals surface area contributed by atoms with Gasteiger partial charge in [-0.3, -0.25) is 0 Å². The summed E-state index contributed by atoms with van der Waals surface area (Å²) < 4.78 is 5.79. The van der Waals surface area contributed by atoms with Gasteiger partial charge in [0.05, 0.1) is 23.9 Å². The fourth-order valence-corrected chi connectivity index (χ4v) is 2.07. The molecule has 0 aliphatic rings. The summed E-state index contributed by atoms with van der Waals surface area (Å²) >= 11 is 1.61. The van der Waals surface area contributed by atoms with E-state index >= 15 is 0 Å². The van der Waals surface area contributed by atoms with Crippen molar-refractivity contribution in [3.8, 4) is 5.75 Å². The molecule has 96 valence electrons. The molecule has 0 aliphatic carbocycles. The second-order valence-corrected chi connectivity index (χ2v) is 4.92. The molecule has 1 aromatic carbocycles. The number of nitrogens with one attached hydrogen (secondary N) is 1. The largest absolute Gasteiger partial charge is 0.491 e. The molecular weight excluding hydrogens is 244 g/mol. The maximum absolute atomic E-state index is 5.79. The van der Waals surface area contributed by atoms with Crippen molar-refractivity contribution in [3.05, 3.63) is 40.8 Å². The molecule has 2 aromatic rings. The van der Waals surface area contributed by atoms with E-state index in [4.69, 9.17) is 4.74 Å². The number of ether oxygens (including phenoxy) is 1. The van der Waals surface area contributed by atoms with Crippen LogP contribution in [0.5, 0.6) is 5.75 Å². The molecule has 1 heterocycles. The summed E-state index contributed by atoms with van der Waals surface area (Å²) in [5.41, 5.74) is 3.97. The van der Waals surface area contributed by atoms with Crippen LogP contribution in [0.4, 0.5) is 5.69 Å². The van der Waals surface area contributed by atoms with Gasteiger partial charge in [-0.25, -0.2) is 4.98 Å². The molecule has 1 N–H and O–H groups in total. The predicted molar refractivity (Wildman–Crippen MR) is 76.3 cm³/mol. The van der Waals surface area contributed by atoms with Gasteiger partial charge in [0.2, 0.25) is 0 Å². The van der Waals surface area contributed by atoms with Gasteiger partial charge in [0.25, 0.3) is 0 Å². The molecule has 1 aromatic heterocycles. The van der Waals surface area contributed by atoms with E-state index in [9.17, 15) is 0 Å². The average molecular weight is 262 g/mol. The average Bonchev–Trinajstić information content (AvgIpc) is 2.90. The Labute approximate surface area is 112 Å². The number of hydrogen-bond donors (Lipinski definition) is 1. The summed E-state index contributed by atoms with van der Waals surface area (Å²) in [7, 11) is 0. The Morgan fingerprint density at radius 1 is 1.44 bits per heavy atom. The molecule has 0 bridgehead atoms. The van der Waals surface area contributed by atoms with Crippen LogP contribution in [0, 0.1) is 0 Å². The van der Waals surface area contributed by atoms with Gasteiger partial charge in [-0.05, 0) is 25.5 Å². The molecule has 0 aliphatic heterocycles. The van der Waals surface area contributed by atoms with Gasteiger partial charge in [0.1, 0.15) is 5.75 Å². The molecule has 4 heteroatoms. The minimum Gasteiger partial charge on any atom is -0.491 e. The van der Waals surface area contributed by atoms with Crippen LogP contribution in [0.1, 0.15) is 26.0 Å². The number of aromatic nitrogens is 1. The lowest BCUT2D eigenvalue weighted by Gasteiger charge is -2.13. The lowest BCUT2D eigenvalue weighted by molar-refractivity contribution is 0.217. The fourth-order valence-electron chi connectivity index (χ4n) is 1.51. The quantitative estimate of drug-likeness (QED) is 0.856. The Bertz CT molecular complexity index is 470. The first-order valence-electron chi connectivity index (χ1n) is 6.15. The van der Waals surface area contributed by atoms with Crippen LogP contribution in [0.25, 0.3) is 0 Å². The van der Waals surface area contributed by atoms with Gasteiger partial charge in [0, 0.05) is 17.1 Å². The summed E-state index contributed by atoms with van der Waals surface area (Å²) in [4.78, 5) is 4.24. The highest BCUT2D eigenvalue weighted by atomic mass is 32.1. The molecule has 0 fully saturated rings. The molecule has 0 amide bonds. The summed E-state index contributed by atoms with van der Waals surface area (Å²) in [6.07, 6.45) is 1.26. The second kappa shape index (κ2) is 6.40. The minimum absolute atomic E-state index is 0.249. The van der Waals surface area contributed by atoms with E-state index in [1.807, 2.05) is 35.2 Å². The lowest BCUT2D eigenvalue weighted by Crippen LogP contribution is -2.09. The maximum atomic E-state index is 5.79. The van der Waals surface area contributed by atoms with Gasteiger partial charge in [-0.1, -0.05) is 13.0 Å². The van der Waals surface area contributed by atoms with E-state index < -0.39 is 0 Å². The van der Waals surface area contributed by atoms with Crippen LogP contribution in [-0.2, 0) is 6.54 Å². The molecule has 18 heavy (non-hydrogen) atoms. The molecule has 1 atom stereocenters. The molecule has 0 saturated heterocycles. The number of thiazole rings is 1. The van der Waals surface area contributed by atoms with E-state index in [2.05, 4.69) is 24.1 Å². The number of rotatable bonds is 6. The Morgan fingerprint density at radius 3 is 3.06 bits per heavy atom. The maximum Gasteiger partial charge on any atom is 0.121 e. The number of hydrogen-bond acceptors (Lipinski definition) is 4. The van der Waals surface area contributed by atoms with Gasteiger partial charge in [-0.2, -0.15) is 0 Å². The third-order valence-electron chi connectivity index (χ3n) is 2.70. The third-order valence-corrected chi connectivity index (χ3v) is 3.34. The molecule has 0 spiro atoms. The Balaban J connectivity index is 1.94. The second-order valence-electron chi connectivity index (χ2n) is 4.20. The molecule has 1 unspecified atom stereocenters. The normalized spacial score (nSPS) is 12.1. The van der Waals surface area contributed by atoms with Crippen LogP contribution in [0.2, 0.25) is 0 Å². The summed E-state index contributed by atoms with van der Waals surface area (Å²) in [5, 5.41) is 5.39. The Morgan fingerprint density at radius 2 is 2.33 bits per heavy atom. The lowest BCUT2D eigenvalue weighted by atomic mass is 10.2. The van der Waals surface area contributed by atoms with Crippen LogP contribution in [0.15, 0.2) is 35.2 Å². The van der Waals surface area contributed by atoms with Crippen molar-refractivity contribution >= 4 is 17.0 Å². The van der Waals surface area contributed by atoms with E-state index in [1.54, 1.807) is 11.3 Å². The van der Waals surface area contributed by atoms with Crippen molar-refractivity contribution in [2.24, 2.45) is 0 Å². The van der Waals surface area contributed by atoms with Crippen LogP contribution >= 0.6 is 11.3 Å². The van der Waals surface area contributed by atoms with Crippen molar-refractivity contribution in [2.45, 2.75) is 32.9 Å². The van der Waals surface area contributed by atoms with Gasteiger partial charge >= 0.3 is 0 Å². The summed E-state index contributed by atoms with van der Waals surface area (Å²) in [6, 6.07) is 8.05. The number of anilines is 1. The van der Waals surface area contributed by atoms with Gasteiger partial charge in [-0.15, -0.1) is 11.3 Å². The van der Waals surface area contributed by atoms with Crippen LogP contribution in [0.3, 0.4) is 0 Å². The number of nitrogens with zero attached hydrogens (tertiary/aromatic N) is 1. The highest BCUT2D eigenvalue weighted by Crippen LogP contribution is 2.19. The van der Waals surface area contributed by atoms with Crippen molar-refractivity contribution < 1.29 is 4.74 Å². The molecular formula is C14H18N2OS. The highest BCUT2D eigenvalue weighted by molar-refractivity contribution is 7.07. The highest BCUT2D eigenvalue weighted by Gasteiger charge is 2.02. The first kappa shape index (κ1) is 12.9. The van der Waals surface area contributed by atoms with E-state index in [0.717, 1.165) is 30.1 Å². The van der Waals surface area contributed by atoms with Crippen molar-refractivity contribution in [1.29, 1.82) is 0 Å². The number of benzene rings is 1. The molecule has 2 rings (SSSR count). The zero-order valence-electron chi connectivity index (χ0n) is 10.7. The zero-order valence-corrected chi connectivity index (χ0v) is 11.5. The smallest absolute Gasteiger partial charge is 0.121 e. The van der Waals surface area contributed by atoms with E-state index in [1.165, 1.54) is 0 Å². The summed E-state index contributed by atoms with van der Waals surface area (Å²) in [6.45, 7) is 4.95. The fraction of sp³-hybridized carbons (Fsp3) is 0.357. The van der Waals surface area contributed by atoms with Gasteiger partial charge in [0.15, 0.2) is 0 Å². The molecule has 0 radical (unpaired) electrons. The van der Waals surface area contributed by atoms with Crippen molar-refractivity contribution in [3.63, 3.8) is 0 Å². The monoisotopic (exact) mass is 262 g/mol. The standard InChI is InChI=1S/C14H18N2OS/c1-3-11(2)17-14-6-4-5-12(7-14)15-8-13-9-18-10-16-13/h4-7,9-11,15H,3,8H2,1-2H3. The van der Waals surface area contributed by atoms with E-state index in [-0.39, 0.29) is 6.10 Å². The SMILES string of the molecule is CCC(C)Oc1cccc(NCc2cscn2)c1. The first-order valence-corrected chi connectivity index (χ1v) is 7.10. The third kappa shape index (κ3) is 3.74. The predicted octanol–water partition coefficient (Wildman–Crippen LogP) is 3.93. The van der Waals surface area contributed by atoms with Crippen molar-refractivity contribution in [2.75, 3.05) is 5.32 Å². The molecule has 0 saturated carbocycles. The Kier molecular flexibility index (Phi) is 4.59.